The molecule has 0 fully saturated rings. The van der Waals surface area contributed by atoms with E-state index in [0.717, 1.165) is 16.6 Å². The van der Waals surface area contributed by atoms with Crippen LogP contribution in [0.3, 0.4) is 0 Å². The molecule has 0 spiro atoms. The lowest BCUT2D eigenvalue weighted by molar-refractivity contribution is 0.464. The number of ether oxygens (including phenoxy) is 1. The number of nitrogens with two attached hydrogens (primary N) is 1. The molecule has 0 radical (unpaired) electrons. The first-order chi connectivity index (χ1) is 10.1. The van der Waals surface area contributed by atoms with Crippen molar-refractivity contribution in [1.29, 1.82) is 0 Å². The van der Waals surface area contributed by atoms with Crippen molar-refractivity contribution >= 4 is 43.4 Å². The summed E-state index contributed by atoms with van der Waals surface area (Å²) in [4.78, 5) is 10.3. The molecule has 4 nitrogen and oxygen atoms in total. The van der Waals surface area contributed by atoms with Gasteiger partial charge in [0, 0.05) is 4.88 Å². The van der Waals surface area contributed by atoms with Gasteiger partial charge in [0.05, 0.1) is 9.86 Å². The Morgan fingerprint density at radius 2 is 2.14 bits per heavy atom. The number of fused-ring (bicyclic) bond motifs is 1. The van der Waals surface area contributed by atoms with E-state index in [1.54, 1.807) is 11.3 Å². The van der Waals surface area contributed by atoms with Crippen LogP contribution < -0.4 is 10.5 Å². The first kappa shape index (κ1) is 14.2. The van der Waals surface area contributed by atoms with Crippen molar-refractivity contribution in [3.8, 4) is 11.6 Å². The Balaban J connectivity index is 2.08. The summed E-state index contributed by atoms with van der Waals surface area (Å²) in [6, 6.07) is 6.19. The standard InChI is InChI=1S/C14H11BrFN3OS/c1-2-8-6-9-12(18-14(17)19-13(9)21-8)20-11-4-3-7(16)5-10(11)15/h3-6H,2H2,1H3,(H2,17,18,19). The molecule has 2 N–H and O–H groups in total. The number of aromatic nitrogens is 2. The van der Waals surface area contributed by atoms with E-state index in [4.69, 9.17) is 10.5 Å². The van der Waals surface area contributed by atoms with E-state index in [1.807, 2.05) is 6.07 Å². The molecule has 0 unspecified atom stereocenters. The van der Waals surface area contributed by atoms with Crippen LogP contribution in [-0.2, 0) is 6.42 Å². The van der Waals surface area contributed by atoms with E-state index >= 15 is 0 Å². The highest BCUT2D eigenvalue weighted by Gasteiger charge is 2.13. The van der Waals surface area contributed by atoms with E-state index < -0.39 is 0 Å². The van der Waals surface area contributed by atoms with Crippen molar-refractivity contribution in [2.75, 3.05) is 5.73 Å². The predicted molar refractivity (Wildman–Crippen MR) is 85.4 cm³/mol. The summed E-state index contributed by atoms with van der Waals surface area (Å²) in [5.74, 6) is 0.659. The summed E-state index contributed by atoms with van der Waals surface area (Å²) in [5, 5.41) is 0.808. The second-order valence-corrected chi connectivity index (χ2v) is 6.32. The number of benzene rings is 1. The molecule has 1 aromatic carbocycles. The minimum atomic E-state index is -0.342. The first-order valence-electron chi connectivity index (χ1n) is 6.25. The second kappa shape index (κ2) is 5.57. The van der Waals surface area contributed by atoms with Crippen molar-refractivity contribution in [2.24, 2.45) is 0 Å². The molecule has 0 bridgehead atoms. The fraction of sp³-hybridized carbons (Fsp3) is 0.143. The van der Waals surface area contributed by atoms with Crippen molar-refractivity contribution < 1.29 is 9.13 Å². The lowest BCUT2D eigenvalue weighted by atomic mass is 10.3. The molecule has 108 valence electrons. The van der Waals surface area contributed by atoms with Crippen LogP contribution in [0.25, 0.3) is 10.2 Å². The molecular weight excluding hydrogens is 357 g/mol. The van der Waals surface area contributed by atoms with Gasteiger partial charge in [0.2, 0.25) is 11.8 Å². The molecule has 0 aliphatic heterocycles. The highest BCUT2D eigenvalue weighted by Crippen LogP contribution is 2.36. The summed E-state index contributed by atoms with van der Waals surface area (Å²) < 4.78 is 19.4. The minimum absolute atomic E-state index is 0.153. The van der Waals surface area contributed by atoms with Crippen LogP contribution in [0.4, 0.5) is 10.3 Å². The number of hydrogen-bond donors (Lipinski definition) is 1. The molecule has 0 saturated heterocycles. The van der Waals surface area contributed by atoms with Crippen molar-refractivity contribution in [1.82, 2.24) is 9.97 Å². The van der Waals surface area contributed by atoms with Crippen LogP contribution >= 0.6 is 27.3 Å². The summed E-state index contributed by atoms with van der Waals surface area (Å²) in [7, 11) is 0. The van der Waals surface area contributed by atoms with Gasteiger partial charge in [-0.3, -0.25) is 0 Å². The van der Waals surface area contributed by atoms with Gasteiger partial charge >= 0.3 is 0 Å². The van der Waals surface area contributed by atoms with Gasteiger partial charge in [-0.15, -0.1) is 11.3 Å². The van der Waals surface area contributed by atoms with Crippen LogP contribution in [0.1, 0.15) is 11.8 Å². The van der Waals surface area contributed by atoms with Crippen molar-refractivity contribution in [3.63, 3.8) is 0 Å². The van der Waals surface area contributed by atoms with E-state index in [-0.39, 0.29) is 11.8 Å². The molecule has 7 heteroatoms. The van der Waals surface area contributed by atoms with Crippen LogP contribution in [0.2, 0.25) is 0 Å². The highest BCUT2D eigenvalue weighted by atomic mass is 79.9. The van der Waals surface area contributed by atoms with E-state index in [1.165, 1.54) is 23.1 Å². The maximum Gasteiger partial charge on any atom is 0.232 e. The number of nitrogens with zero attached hydrogens (tertiary/aromatic N) is 2. The zero-order chi connectivity index (χ0) is 15.0. The van der Waals surface area contributed by atoms with Gasteiger partial charge in [0.15, 0.2) is 0 Å². The Morgan fingerprint density at radius 3 is 2.86 bits per heavy atom. The third-order valence-electron chi connectivity index (χ3n) is 2.88. The zero-order valence-electron chi connectivity index (χ0n) is 11.1. The molecule has 0 amide bonds. The molecule has 0 saturated carbocycles. The number of aryl methyl sites for hydroxylation is 1. The number of halogens is 2. The smallest absolute Gasteiger partial charge is 0.232 e. The number of anilines is 1. The Kier molecular flexibility index (Phi) is 3.77. The van der Waals surface area contributed by atoms with E-state index in [9.17, 15) is 4.39 Å². The Labute approximate surface area is 132 Å². The number of thiophene rings is 1. The maximum atomic E-state index is 13.1. The molecule has 2 aromatic heterocycles. The molecule has 2 heterocycles. The quantitative estimate of drug-likeness (QED) is 0.738. The number of hydrogen-bond acceptors (Lipinski definition) is 5. The van der Waals surface area contributed by atoms with Crippen LogP contribution in [0.15, 0.2) is 28.7 Å². The van der Waals surface area contributed by atoms with Gasteiger partial charge in [-0.25, -0.2) is 9.37 Å². The van der Waals surface area contributed by atoms with Crippen LogP contribution in [-0.4, -0.2) is 9.97 Å². The molecule has 3 aromatic rings. The van der Waals surface area contributed by atoms with Gasteiger partial charge in [-0.2, -0.15) is 4.98 Å². The SMILES string of the molecule is CCc1cc2c(Oc3ccc(F)cc3Br)nc(N)nc2s1. The Morgan fingerprint density at radius 1 is 1.33 bits per heavy atom. The normalized spacial score (nSPS) is 11.0. The third kappa shape index (κ3) is 2.84. The van der Waals surface area contributed by atoms with Crippen LogP contribution in [0, 0.1) is 5.82 Å². The highest BCUT2D eigenvalue weighted by molar-refractivity contribution is 9.10. The minimum Gasteiger partial charge on any atom is -0.437 e. The predicted octanol–water partition coefficient (Wildman–Crippen LogP) is 4.53. The Hall–Kier alpha value is -1.73. The summed E-state index contributed by atoms with van der Waals surface area (Å²) in [6.07, 6.45) is 0.903. The van der Waals surface area contributed by atoms with E-state index in [0.29, 0.717) is 16.1 Å². The maximum absolute atomic E-state index is 13.1. The van der Waals surface area contributed by atoms with E-state index in [2.05, 4.69) is 32.8 Å². The zero-order valence-corrected chi connectivity index (χ0v) is 13.5. The largest absolute Gasteiger partial charge is 0.437 e. The monoisotopic (exact) mass is 367 g/mol. The average Bonchev–Trinajstić information content (AvgIpc) is 2.85. The van der Waals surface area contributed by atoms with Gasteiger partial charge in [-0.05, 0) is 46.6 Å². The fourth-order valence-corrected chi connectivity index (χ4v) is 3.27. The van der Waals surface area contributed by atoms with Crippen molar-refractivity contribution in [2.45, 2.75) is 13.3 Å². The second-order valence-electron chi connectivity index (χ2n) is 4.35. The third-order valence-corrected chi connectivity index (χ3v) is 4.67. The van der Waals surface area contributed by atoms with Gasteiger partial charge < -0.3 is 10.5 Å². The average molecular weight is 368 g/mol. The molecule has 0 aliphatic rings. The number of nitrogen functional groups attached to an aromatic ring is 1. The lowest BCUT2D eigenvalue weighted by Crippen LogP contribution is -1.97. The summed E-state index contributed by atoms with van der Waals surface area (Å²) >= 11 is 4.83. The Bertz CT molecular complexity index is 821. The number of rotatable bonds is 3. The van der Waals surface area contributed by atoms with Gasteiger partial charge in [0.1, 0.15) is 16.4 Å². The first-order valence-corrected chi connectivity index (χ1v) is 7.86. The molecular formula is C14H11BrFN3OS. The van der Waals surface area contributed by atoms with Gasteiger partial charge in [-0.1, -0.05) is 6.92 Å². The summed E-state index contributed by atoms with van der Waals surface area (Å²) in [6.45, 7) is 2.07. The fourth-order valence-electron chi connectivity index (χ4n) is 1.88. The van der Waals surface area contributed by atoms with Crippen molar-refractivity contribution in [3.05, 3.63) is 39.4 Å². The molecule has 3 rings (SSSR count). The molecule has 21 heavy (non-hydrogen) atoms. The summed E-state index contributed by atoms with van der Waals surface area (Å²) in [5.41, 5.74) is 5.72. The van der Waals surface area contributed by atoms with Crippen LogP contribution in [0.5, 0.6) is 11.6 Å². The van der Waals surface area contributed by atoms with Gasteiger partial charge in [0.25, 0.3) is 0 Å². The topological polar surface area (TPSA) is 61.0 Å². The molecule has 0 atom stereocenters. The lowest BCUT2D eigenvalue weighted by Gasteiger charge is -2.08. The molecule has 0 aliphatic carbocycles.